The number of rotatable bonds is 8. The van der Waals surface area contributed by atoms with Crippen molar-refractivity contribution in [1.82, 2.24) is 10.2 Å². The number of sulfonamides is 1. The first-order valence-electron chi connectivity index (χ1n) is 10.7. The molecule has 1 saturated heterocycles. The summed E-state index contributed by atoms with van der Waals surface area (Å²) in [6.45, 7) is 6.60. The number of carbonyl (C=O) groups excluding carboxylic acids is 1. The number of nitrogens with zero attached hydrogens (tertiary/aromatic N) is 1. The molecule has 0 bridgehead atoms. The van der Waals surface area contributed by atoms with E-state index in [4.69, 9.17) is 4.74 Å². The van der Waals surface area contributed by atoms with E-state index in [9.17, 15) is 13.2 Å². The van der Waals surface area contributed by atoms with Crippen LogP contribution in [0.5, 0.6) is 0 Å². The number of benzene rings is 2. The summed E-state index contributed by atoms with van der Waals surface area (Å²) < 4.78 is 33.2. The highest BCUT2D eigenvalue weighted by Crippen LogP contribution is 2.48. The third-order valence-corrected chi connectivity index (χ3v) is 7.37. The van der Waals surface area contributed by atoms with Crippen LogP contribution in [0.15, 0.2) is 53.4 Å². The lowest BCUT2D eigenvalue weighted by molar-refractivity contribution is -0.123. The largest absolute Gasteiger partial charge is 0.379 e. The summed E-state index contributed by atoms with van der Waals surface area (Å²) in [7, 11) is -3.65. The van der Waals surface area contributed by atoms with E-state index >= 15 is 0 Å². The molecule has 1 aliphatic heterocycles. The van der Waals surface area contributed by atoms with Crippen molar-refractivity contribution >= 4 is 21.6 Å². The fraction of sp³-hybridized carbons (Fsp3) is 0.435. The van der Waals surface area contributed by atoms with Crippen LogP contribution >= 0.6 is 0 Å². The highest BCUT2D eigenvalue weighted by molar-refractivity contribution is 7.92. The molecule has 1 heterocycles. The predicted octanol–water partition coefficient (Wildman–Crippen LogP) is 2.28. The number of morpholine rings is 1. The molecule has 2 aromatic rings. The van der Waals surface area contributed by atoms with Gasteiger partial charge in [-0.3, -0.25) is 14.4 Å². The number of anilines is 1. The molecule has 0 unspecified atom stereocenters. The van der Waals surface area contributed by atoms with Crippen molar-refractivity contribution in [2.24, 2.45) is 0 Å². The van der Waals surface area contributed by atoms with Crippen LogP contribution in [0.4, 0.5) is 5.69 Å². The van der Waals surface area contributed by atoms with Crippen molar-refractivity contribution < 1.29 is 17.9 Å². The van der Waals surface area contributed by atoms with E-state index in [0.717, 1.165) is 56.8 Å². The van der Waals surface area contributed by atoms with Crippen LogP contribution in [0.3, 0.4) is 0 Å². The second kappa shape index (κ2) is 8.98. The number of amides is 1. The molecule has 7 nitrogen and oxygen atoms in total. The zero-order chi connectivity index (χ0) is 21.9. The molecule has 4 rings (SSSR count). The van der Waals surface area contributed by atoms with E-state index < -0.39 is 15.4 Å². The Morgan fingerprint density at radius 2 is 1.81 bits per heavy atom. The number of carbonyl (C=O) groups is 1. The van der Waals surface area contributed by atoms with E-state index in [2.05, 4.69) is 14.9 Å². The smallest absolute Gasteiger partial charge is 0.261 e. The molecule has 8 heteroatoms. The monoisotopic (exact) mass is 443 g/mol. The van der Waals surface area contributed by atoms with Crippen molar-refractivity contribution in [3.63, 3.8) is 0 Å². The minimum Gasteiger partial charge on any atom is -0.379 e. The zero-order valence-corrected chi connectivity index (χ0v) is 18.6. The summed E-state index contributed by atoms with van der Waals surface area (Å²) in [5, 5.41) is 3.08. The van der Waals surface area contributed by atoms with Gasteiger partial charge in [-0.2, -0.15) is 0 Å². The van der Waals surface area contributed by atoms with Gasteiger partial charge in [0.15, 0.2) is 0 Å². The van der Waals surface area contributed by atoms with Crippen molar-refractivity contribution in [3.8, 4) is 0 Å². The molecule has 2 aliphatic rings. The van der Waals surface area contributed by atoms with Crippen LogP contribution in [0.1, 0.15) is 24.0 Å². The van der Waals surface area contributed by atoms with Gasteiger partial charge >= 0.3 is 0 Å². The number of ether oxygens (including phenoxy) is 1. The van der Waals surface area contributed by atoms with Gasteiger partial charge in [-0.15, -0.1) is 0 Å². The zero-order valence-electron chi connectivity index (χ0n) is 17.8. The summed E-state index contributed by atoms with van der Waals surface area (Å²) in [6.07, 6.45) is 1.62. The Balaban J connectivity index is 1.36. The SMILES string of the molecule is Cc1cccc(S(=O)(=O)Nc2ccc(C3(C(=O)NCCN4CCOCC4)CC3)cc2)c1. The molecule has 2 N–H and O–H groups in total. The van der Waals surface area contributed by atoms with Crippen LogP contribution < -0.4 is 10.0 Å². The highest BCUT2D eigenvalue weighted by atomic mass is 32.2. The quantitative estimate of drug-likeness (QED) is 0.654. The van der Waals surface area contributed by atoms with Gasteiger partial charge < -0.3 is 10.1 Å². The van der Waals surface area contributed by atoms with Gasteiger partial charge in [0.2, 0.25) is 5.91 Å². The van der Waals surface area contributed by atoms with Crippen molar-refractivity contribution in [2.75, 3.05) is 44.1 Å². The van der Waals surface area contributed by atoms with Crippen LogP contribution in [-0.2, 0) is 25.0 Å². The van der Waals surface area contributed by atoms with Crippen molar-refractivity contribution in [2.45, 2.75) is 30.1 Å². The van der Waals surface area contributed by atoms with Gasteiger partial charge in [0.25, 0.3) is 10.0 Å². The molecular formula is C23H29N3O4S. The first kappa shape index (κ1) is 21.8. The maximum atomic E-state index is 12.8. The Morgan fingerprint density at radius 1 is 1.10 bits per heavy atom. The standard InChI is InChI=1S/C23H29N3O4S/c1-18-3-2-4-21(17-18)31(28,29)25-20-7-5-19(6-8-20)23(9-10-23)22(27)24-11-12-26-13-15-30-16-14-26/h2-8,17,25H,9-16H2,1H3,(H,24,27). The van der Waals surface area contributed by atoms with Crippen LogP contribution in [-0.4, -0.2) is 58.6 Å². The molecule has 0 spiro atoms. The Hall–Kier alpha value is -2.42. The van der Waals surface area contributed by atoms with Gasteiger partial charge in [0.1, 0.15) is 0 Å². The van der Waals surface area contributed by atoms with Gasteiger partial charge in [-0.1, -0.05) is 24.3 Å². The van der Waals surface area contributed by atoms with E-state index in [1.165, 1.54) is 0 Å². The summed E-state index contributed by atoms with van der Waals surface area (Å²) in [6, 6.07) is 13.9. The minimum atomic E-state index is -3.65. The molecule has 0 radical (unpaired) electrons. The molecular weight excluding hydrogens is 414 g/mol. The molecule has 1 amide bonds. The number of nitrogens with one attached hydrogen (secondary N) is 2. The van der Waals surface area contributed by atoms with E-state index in [0.29, 0.717) is 12.2 Å². The van der Waals surface area contributed by atoms with E-state index in [-0.39, 0.29) is 10.8 Å². The highest BCUT2D eigenvalue weighted by Gasteiger charge is 2.51. The minimum absolute atomic E-state index is 0.0499. The molecule has 0 atom stereocenters. The fourth-order valence-electron chi connectivity index (χ4n) is 3.95. The van der Waals surface area contributed by atoms with Crippen LogP contribution in [0, 0.1) is 6.92 Å². The molecule has 1 saturated carbocycles. The molecule has 166 valence electrons. The fourth-order valence-corrected chi connectivity index (χ4v) is 5.11. The lowest BCUT2D eigenvalue weighted by Crippen LogP contribution is -2.43. The molecule has 2 aromatic carbocycles. The Bertz CT molecular complexity index is 1030. The van der Waals surface area contributed by atoms with Crippen LogP contribution in [0.25, 0.3) is 0 Å². The average molecular weight is 444 g/mol. The van der Waals surface area contributed by atoms with E-state index in [1.807, 2.05) is 25.1 Å². The maximum absolute atomic E-state index is 12.8. The predicted molar refractivity (Wildman–Crippen MR) is 120 cm³/mol. The molecule has 31 heavy (non-hydrogen) atoms. The van der Waals surface area contributed by atoms with Gasteiger partial charge in [-0.25, -0.2) is 8.42 Å². The number of aryl methyl sites for hydroxylation is 1. The third kappa shape index (κ3) is 5.08. The summed E-state index contributed by atoms with van der Waals surface area (Å²) >= 11 is 0. The van der Waals surface area contributed by atoms with Crippen molar-refractivity contribution in [3.05, 3.63) is 59.7 Å². The lowest BCUT2D eigenvalue weighted by atomic mass is 9.95. The van der Waals surface area contributed by atoms with E-state index in [1.54, 1.807) is 30.3 Å². The van der Waals surface area contributed by atoms with Gasteiger partial charge in [-0.05, 0) is 55.2 Å². The third-order valence-electron chi connectivity index (χ3n) is 5.99. The molecule has 1 aliphatic carbocycles. The average Bonchev–Trinajstić information content (AvgIpc) is 3.57. The Kier molecular flexibility index (Phi) is 6.31. The second-order valence-electron chi connectivity index (χ2n) is 8.29. The Labute approximate surface area is 183 Å². The van der Waals surface area contributed by atoms with Gasteiger partial charge in [0.05, 0.1) is 23.5 Å². The second-order valence-corrected chi connectivity index (χ2v) is 9.97. The topological polar surface area (TPSA) is 87.7 Å². The Morgan fingerprint density at radius 3 is 2.45 bits per heavy atom. The van der Waals surface area contributed by atoms with Crippen molar-refractivity contribution in [1.29, 1.82) is 0 Å². The molecule has 0 aromatic heterocycles. The first-order chi connectivity index (χ1) is 14.9. The normalized spacial score (nSPS) is 18.4. The maximum Gasteiger partial charge on any atom is 0.261 e. The number of hydrogen-bond acceptors (Lipinski definition) is 5. The molecule has 2 fully saturated rings. The number of hydrogen-bond donors (Lipinski definition) is 2. The van der Waals surface area contributed by atoms with Crippen LogP contribution in [0.2, 0.25) is 0 Å². The summed E-state index contributed by atoms with van der Waals surface area (Å²) in [4.78, 5) is 15.4. The summed E-state index contributed by atoms with van der Waals surface area (Å²) in [5.74, 6) is 0.0499. The van der Waals surface area contributed by atoms with Gasteiger partial charge in [0, 0.05) is 31.9 Å². The summed E-state index contributed by atoms with van der Waals surface area (Å²) in [5.41, 5.74) is 1.80. The first-order valence-corrected chi connectivity index (χ1v) is 12.2. The lowest BCUT2D eigenvalue weighted by Gasteiger charge is -2.27.